The highest BCUT2D eigenvalue weighted by Gasteiger charge is 2.15. The van der Waals surface area contributed by atoms with Gasteiger partial charge in [0.15, 0.2) is 5.78 Å². The maximum absolute atomic E-state index is 11.9. The van der Waals surface area contributed by atoms with Gasteiger partial charge >= 0.3 is 5.63 Å². The molecule has 0 amide bonds. The standard InChI is InChI=1S/C17H13ClO4/c1-11-10-15(20)16(17(21)22-11)14(19)5-3-2-4-12-6-8-13(18)9-7-12/h2-10,20H,1H3/b4-2+,5-3+. The number of ketones is 1. The van der Waals surface area contributed by atoms with Crippen molar-refractivity contribution in [3.05, 3.63) is 80.9 Å². The van der Waals surface area contributed by atoms with E-state index in [1.165, 1.54) is 25.1 Å². The van der Waals surface area contributed by atoms with E-state index in [4.69, 9.17) is 16.0 Å². The van der Waals surface area contributed by atoms with E-state index in [0.717, 1.165) is 5.56 Å². The molecule has 0 aliphatic rings. The zero-order chi connectivity index (χ0) is 16.1. The fourth-order valence-corrected chi connectivity index (χ4v) is 1.92. The fraction of sp³-hybridized carbons (Fsp3) is 0.0588. The van der Waals surface area contributed by atoms with Crippen LogP contribution in [0, 0.1) is 6.92 Å². The summed E-state index contributed by atoms with van der Waals surface area (Å²) in [6.07, 6.45) is 6.09. The van der Waals surface area contributed by atoms with Gasteiger partial charge in [-0.05, 0) is 30.7 Å². The van der Waals surface area contributed by atoms with Gasteiger partial charge in [-0.15, -0.1) is 0 Å². The number of aromatic hydroxyl groups is 1. The van der Waals surface area contributed by atoms with Crippen molar-refractivity contribution in [2.75, 3.05) is 0 Å². The van der Waals surface area contributed by atoms with Crippen molar-refractivity contribution in [2.45, 2.75) is 6.92 Å². The number of benzene rings is 1. The summed E-state index contributed by atoms with van der Waals surface area (Å²) in [4.78, 5) is 23.5. The number of hydrogen-bond donors (Lipinski definition) is 1. The molecule has 0 spiro atoms. The smallest absolute Gasteiger partial charge is 0.351 e. The Morgan fingerprint density at radius 1 is 1.23 bits per heavy atom. The van der Waals surface area contributed by atoms with Crippen molar-refractivity contribution in [1.82, 2.24) is 0 Å². The summed E-state index contributed by atoms with van der Waals surface area (Å²) >= 11 is 5.78. The second-order valence-electron chi connectivity index (χ2n) is 4.54. The highest BCUT2D eigenvalue weighted by molar-refractivity contribution is 6.30. The molecule has 1 aromatic carbocycles. The van der Waals surface area contributed by atoms with Crippen LogP contribution in [0.2, 0.25) is 5.02 Å². The molecule has 1 N–H and O–H groups in total. The van der Waals surface area contributed by atoms with Crippen molar-refractivity contribution in [3.8, 4) is 5.75 Å². The Bertz CT molecular complexity index is 798. The zero-order valence-corrected chi connectivity index (χ0v) is 12.5. The molecule has 112 valence electrons. The first-order valence-electron chi connectivity index (χ1n) is 6.46. The van der Waals surface area contributed by atoms with Gasteiger partial charge in [-0.1, -0.05) is 42.0 Å². The number of carbonyl (C=O) groups is 1. The molecular formula is C17H13ClO4. The Morgan fingerprint density at radius 2 is 1.91 bits per heavy atom. The minimum absolute atomic E-state index is 0.241. The van der Waals surface area contributed by atoms with Crippen LogP contribution in [0.15, 0.2) is 57.8 Å². The molecular weight excluding hydrogens is 304 g/mol. The molecule has 2 rings (SSSR count). The molecule has 0 atom stereocenters. The SMILES string of the molecule is Cc1cc(O)c(C(=O)/C=C/C=C/c2ccc(Cl)cc2)c(=O)o1. The number of carbonyl (C=O) groups excluding carboxylic acids is 1. The molecule has 1 heterocycles. The first-order valence-corrected chi connectivity index (χ1v) is 6.83. The van der Waals surface area contributed by atoms with Crippen molar-refractivity contribution in [3.63, 3.8) is 0 Å². The summed E-state index contributed by atoms with van der Waals surface area (Å²) in [7, 11) is 0. The van der Waals surface area contributed by atoms with Crippen LogP contribution in [0.4, 0.5) is 0 Å². The predicted molar refractivity (Wildman–Crippen MR) is 85.3 cm³/mol. The van der Waals surface area contributed by atoms with E-state index < -0.39 is 11.4 Å². The van der Waals surface area contributed by atoms with Crippen LogP contribution in [0.5, 0.6) is 5.75 Å². The van der Waals surface area contributed by atoms with Crippen molar-refractivity contribution < 1.29 is 14.3 Å². The predicted octanol–water partition coefficient (Wildman–Crippen LogP) is 3.76. The van der Waals surface area contributed by atoms with Gasteiger partial charge in [-0.3, -0.25) is 4.79 Å². The van der Waals surface area contributed by atoms with Crippen LogP contribution >= 0.6 is 11.6 Å². The molecule has 22 heavy (non-hydrogen) atoms. The van der Waals surface area contributed by atoms with Gasteiger partial charge in [-0.2, -0.15) is 0 Å². The molecule has 0 aliphatic heterocycles. The summed E-state index contributed by atoms with van der Waals surface area (Å²) in [5, 5.41) is 10.3. The molecule has 0 saturated carbocycles. The lowest BCUT2D eigenvalue weighted by atomic mass is 10.1. The third-order valence-corrected chi connectivity index (χ3v) is 3.07. The van der Waals surface area contributed by atoms with Crippen molar-refractivity contribution >= 4 is 23.5 Å². The molecule has 0 unspecified atom stereocenters. The topological polar surface area (TPSA) is 67.5 Å². The molecule has 0 aliphatic carbocycles. The first-order chi connectivity index (χ1) is 10.5. The van der Waals surface area contributed by atoms with Gasteiger partial charge in [0.25, 0.3) is 0 Å². The fourth-order valence-electron chi connectivity index (χ4n) is 1.79. The summed E-state index contributed by atoms with van der Waals surface area (Å²) in [6.45, 7) is 1.51. The quantitative estimate of drug-likeness (QED) is 0.530. The van der Waals surface area contributed by atoms with E-state index in [1.807, 2.05) is 12.1 Å². The van der Waals surface area contributed by atoms with E-state index in [2.05, 4.69) is 0 Å². The normalized spacial score (nSPS) is 11.4. The Kier molecular flexibility index (Phi) is 4.96. The average Bonchev–Trinajstić information content (AvgIpc) is 2.44. The molecule has 0 radical (unpaired) electrons. The van der Waals surface area contributed by atoms with Crippen molar-refractivity contribution in [1.29, 1.82) is 0 Å². The van der Waals surface area contributed by atoms with Crippen LogP contribution in [-0.4, -0.2) is 10.9 Å². The molecule has 1 aromatic heterocycles. The number of hydrogen-bond acceptors (Lipinski definition) is 4. The summed E-state index contributed by atoms with van der Waals surface area (Å²) in [5.74, 6) is -0.761. The van der Waals surface area contributed by atoms with Gasteiger partial charge in [0.1, 0.15) is 17.1 Å². The molecule has 0 bridgehead atoms. The highest BCUT2D eigenvalue weighted by atomic mass is 35.5. The first kappa shape index (κ1) is 15.8. The van der Waals surface area contributed by atoms with Gasteiger partial charge < -0.3 is 9.52 Å². The van der Waals surface area contributed by atoms with E-state index in [9.17, 15) is 14.7 Å². The molecule has 2 aromatic rings. The maximum atomic E-state index is 11.9. The Labute approximate surface area is 132 Å². The molecule has 5 heteroatoms. The Balaban J connectivity index is 2.12. The maximum Gasteiger partial charge on any atom is 0.351 e. The highest BCUT2D eigenvalue weighted by Crippen LogP contribution is 2.15. The van der Waals surface area contributed by atoms with Gasteiger partial charge in [-0.25, -0.2) is 4.79 Å². The van der Waals surface area contributed by atoms with Gasteiger partial charge in [0.2, 0.25) is 0 Å². The van der Waals surface area contributed by atoms with E-state index in [0.29, 0.717) is 5.02 Å². The third-order valence-electron chi connectivity index (χ3n) is 2.82. The Hall–Kier alpha value is -2.59. The lowest BCUT2D eigenvalue weighted by Gasteiger charge is -1.99. The third kappa shape index (κ3) is 3.96. The zero-order valence-electron chi connectivity index (χ0n) is 11.7. The van der Waals surface area contributed by atoms with E-state index in [-0.39, 0.29) is 17.1 Å². The summed E-state index contributed by atoms with van der Waals surface area (Å²) in [6, 6.07) is 8.40. The van der Waals surface area contributed by atoms with Crippen LogP contribution < -0.4 is 5.63 Å². The lowest BCUT2D eigenvalue weighted by Crippen LogP contribution is -2.12. The number of allylic oxidation sites excluding steroid dienone is 3. The molecule has 4 nitrogen and oxygen atoms in total. The second-order valence-corrected chi connectivity index (χ2v) is 4.98. The largest absolute Gasteiger partial charge is 0.507 e. The number of rotatable bonds is 4. The monoisotopic (exact) mass is 316 g/mol. The average molecular weight is 317 g/mol. The minimum Gasteiger partial charge on any atom is -0.507 e. The van der Waals surface area contributed by atoms with Crippen LogP contribution in [0.25, 0.3) is 6.08 Å². The minimum atomic E-state index is -0.853. The molecule has 0 fully saturated rings. The lowest BCUT2D eigenvalue weighted by molar-refractivity contribution is 0.104. The summed E-state index contributed by atoms with van der Waals surface area (Å²) < 4.78 is 4.80. The Morgan fingerprint density at radius 3 is 2.55 bits per heavy atom. The van der Waals surface area contributed by atoms with Crippen molar-refractivity contribution in [2.24, 2.45) is 0 Å². The van der Waals surface area contributed by atoms with Gasteiger partial charge in [0.05, 0.1) is 0 Å². The second kappa shape index (κ2) is 6.91. The van der Waals surface area contributed by atoms with Crippen LogP contribution in [0.1, 0.15) is 21.7 Å². The van der Waals surface area contributed by atoms with Crippen LogP contribution in [-0.2, 0) is 0 Å². The summed E-state index contributed by atoms with van der Waals surface area (Å²) in [5.41, 5.74) is -0.310. The van der Waals surface area contributed by atoms with Gasteiger partial charge in [0, 0.05) is 11.1 Å². The number of halogens is 1. The van der Waals surface area contributed by atoms with Crippen LogP contribution in [0.3, 0.4) is 0 Å². The molecule has 0 saturated heterocycles. The number of aryl methyl sites for hydroxylation is 1. The van der Waals surface area contributed by atoms with E-state index >= 15 is 0 Å². The van der Waals surface area contributed by atoms with E-state index in [1.54, 1.807) is 24.3 Å².